The Morgan fingerprint density at radius 2 is 2.10 bits per heavy atom. The van der Waals surface area contributed by atoms with E-state index in [1.54, 1.807) is 0 Å². The summed E-state index contributed by atoms with van der Waals surface area (Å²) in [6.45, 7) is 6.80. The van der Waals surface area contributed by atoms with Crippen LogP contribution in [0.3, 0.4) is 0 Å². The van der Waals surface area contributed by atoms with E-state index in [4.69, 9.17) is 5.73 Å². The molecule has 1 heterocycles. The molecule has 0 aromatic carbocycles. The van der Waals surface area contributed by atoms with Crippen LogP contribution in [0.25, 0.3) is 0 Å². The Balaban J connectivity index is 2.19. The van der Waals surface area contributed by atoms with Crippen LogP contribution in [-0.4, -0.2) is 19.1 Å². The number of hydrogen-bond acceptors (Lipinski definition) is 2. The van der Waals surface area contributed by atoms with Gasteiger partial charge in [-0.3, -0.25) is 0 Å². The summed E-state index contributed by atoms with van der Waals surface area (Å²) in [5.74, 6) is 0. The van der Waals surface area contributed by atoms with E-state index < -0.39 is 0 Å². The van der Waals surface area contributed by atoms with Crippen molar-refractivity contribution >= 4 is 0 Å². The standard InChI is InChI=1S/C8H16N2/c1-7(2)4-8(7)5-10-3-6(8)9/h6,10H,3-5,9H2,1-2H3. The fourth-order valence-corrected chi connectivity index (χ4v) is 2.46. The highest BCUT2D eigenvalue weighted by atomic mass is 15.0. The zero-order valence-electron chi connectivity index (χ0n) is 6.78. The molecule has 0 radical (unpaired) electrons. The van der Waals surface area contributed by atoms with E-state index in [2.05, 4.69) is 19.2 Å². The Morgan fingerprint density at radius 3 is 2.30 bits per heavy atom. The molecular formula is C8H16N2. The highest BCUT2D eigenvalue weighted by molar-refractivity contribution is 5.18. The summed E-state index contributed by atoms with van der Waals surface area (Å²) >= 11 is 0. The molecule has 2 fully saturated rings. The smallest absolute Gasteiger partial charge is 0.0240 e. The van der Waals surface area contributed by atoms with Crippen molar-refractivity contribution in [1.82, 2.24) is 5.32 Å². The maximum atomic E-state index is 5.99. The molecule has 0 amide bonds. The lowest BCUT2D eigenvalue weighted by Crippen LogP contribution is -2.33. The molecule has 1 saturated heterocycles. The van der Waals surface area contributed by atoms with Gasteiger partial charge in [-0.2, -0.15) is 0 Å². The first-order valence-corrected chi connectivity index (χ1v) is 4.05. The second-order valence-electron chi connectivity index (χ2n) is 4.45. The van der Waals surface area contributed by atoms with Crippen LogP contribution in [0, 0.1) is 10.8 Å². The van der Waals surface area contributed by atoms with Gasteiger partial charge in [0.15, 0.2) is 0 Å². The summed E-state index contributed by atoms with van der Waals surface area (Å²) < 4.78 is 0. The average molecular weight is 140 g/mol. The van der Waals surface area contributed by atoms with E-state index in [0.29, 0.717) is 16.9 Å². The molecule has 0 aromatic heterocycles. The lowest BCUT2D eigenvalue weighted by atomic mass is 9.92. The second kappa shape index (κ2) is 1.56. The Kier molecular flexibility index (Phi) is 1.03. The molecule has 1 aliphatic heterocycles. The van der Waals surface area contributed by atoms with Gasteiger partial charge in [0.1, 0.15) is 0 Å². The summed E-state index contributed by atoms with van der Waals surface area (Å²) in [5.41, 5.74) is 6.96. The highest BCUT2D eigenvalue weighted by Crippen LogP contribution is 2.65. The normalized spacial score (nSPS) is 50.1. The van der Waals surface area contributed by atoms with Crippen LogP contribution in [0.15, 0.2) is 0 Å². The first-order chi connectivity index (χ1) is 4.58. The van der Waals surface area contributed by atoms with Gasteiger partial charge in [-0.15, -0.1) is 0 Å². The predicted octanol–water partition coefficient (Wildman–Crippen LogP) is 0.333. The third kappa shape index (κ3) is 0.565. The lowest BCUT2D eigenvalue weighted by Gasteiger charge is -2.16. The van der Waals surface area contributed by atoms with Gasteiger partial charge in [-0.1, -0.05) is 13.8 Å². The number of nitrogens with two attached hydrogens (primary N) is 1. The quantitative estimate of drug-likeness (QED) is 0.509. The van der Waals surface area contributed by atoms with Crippen LogP contribution in [-0.2, 0) is 0 Å². The van der Waals surface area contributed by atoms with E-state index in [9.17, 15) is 0 Å². The van der Waals surface area contributed by atoms with Crippen LogP contribution in [0.5, 0.6) is 0 Å². The third-order valence-corrected chi connectivity index (χ3v) is 3.49. The van der Waals surface area contributed by atoms with Crippen LogP contribution >= 0.6 is 0 Å². The van der Waals surface area contributed by atoms with E-state index in [-0.39, 0.29) is 0 Å². The van der Waals surface area contributed by atoms with E-state index >= 15 is 0 Å². The Hall–Kier alpha value is -0.0800. The molecule has 2 heteroatoms. The van der Waals surface area contributed by atoms with E-state index in [1.807, 2.05) is 0 Å². The van der Waals surface area contributed by atoms with Crippen LogP contribution in [0.4, 0.5) is 0 Å². The largest absolute Gasteiger partial charge is 0.326 e. The van der Waals surface area contributed by atoms with Crippen molar-refractivity contribution in [1.29, 1.82) is 0 Å². The summed E-state index contributed by atoms with van der Waals surface area (Å²) in [6.07, 6.45) is 1.31. The van der Waals surface area contributed by atoms with E-state index in [1.165, 1.54) is 6.42 Å². The zero-order chi connectivity index (χ0) is 7.41. The molecular weight excluding hydrogens is 124 g/mol. The van der Waals surface area contributed by atoms with Crippen LogP contribution in [0.2, 0.25) is 0 Å². The molecule has 2 unspecified atom stereocenters. The molecule has 1 aliphatic carbocycles. The van der Waals surface area contributed by atoms with Gasteiger partial charge >= 0.3 is 0 Å². The average Bonchev–Trinajstić information content (AvgIpc) is 2.12. The Morgan fingerprint density at radius 1 is 1.50 bits per heavy atom. The maximum Gasteiger partial charge on any atom is 0.0240 e. The number of nitrogens with one attached hydrogen (secondary N) is 1. The van der Waals surface area contributed by atoms with Crippen molar-refractivity contribution in [2.75, 3.05) is 13.1 Å². The minimum Gasteiger partial charge on any atom is -0.326 e. The monoisotopic (exact) mass is 140 g/mol. The second-order valence-corrected chi connectivity index (χ2v) is 4.45. The molecule has 2 rings (SSSR count). The van der Waals surface area contributed by atoms with Crippen molar-refractivity contribution in [3.05, 3.63) is 0 Å². The van der Waals surface area contributed by atoms with Crippen molar-refractivity contribution in [2.24, 2.45) is 16.6 Å². The summed E-state index contributed by atoms with van der Waals surface area (Å²) in [6, 6.07) is 0.405. The fraction of sp³-hybridized carbons (Fsp3) is 1.00. The molecule has 3 N–H and O–H groups in total. The van der Waals surface area contributed by atoms with Crippen molar-refractivity contribution in [3.63, 3.8) is 0 Å². The van der Waals surface area contributed by atoms with Crippen LogP contribution < -0.4 is 11.1 Å². The number of hydrogen-bond donors (Lipinski definition) is 2. The van der Waals surface area contributed by atoms with Gasteiger partial charge in [0.2, 0.25) is 0 Å². The minimum absolute atomic E-state index is 0.405. The first-order valence-electron chi connectivity index (χ1n) is 4.05. The highest BCUT2D eigenvalue weighted by Gasteiger charge is 2.65. The molecule has 1 spiro atoms. The Bertz CT molecular complexity index is 161. The van der Waals surface area contributed by atoms with Crippen molar-refractivity contribution < 1.29 is 0 Å². The van der Waals surface area contributed by atoms with Crippen molar-refractivity contribution in [3.8, 4) is 0 Å². The van der Waals surface area contributed by atoms with Gasteiger partial charge in [-0.05, 0) is 11.8 Å². The predicted molar refractivity (Wildman–Crippen MR) is 41.7 cm³/mol. The summed E-state index contributed by atoms with van der Waals surface area (Å²) in [5, 5.41) is 3.36. The molecule has 1 saturated carbocycles. The molecule has 2 atom stereocenters. The fourth-order valence-electron chi connectivity index (χ4n) is 2.46. The number of rotatable bonds is 0. The third-order valence-electron chi connectivity index (χ3n) is 3.49. The molecule has 10 heavy (non-hydrogen) atoms. The lowest BCUT2D eigenvalue weighted by molar-refractivity contribution is 0.378. The first kappa shape index (κ1) is 6.62. The van der Waals surface area contributed by atoms with E-state index in [0.717, 1.165) is 13.1 Å². The Labute approximate surface area is 62.2 Å². The minimum atomic E-state index is 0.405. The molecule has 0 bridgehead atoms. The van der Waals surface area contributed by atoms with Gasteiger partial charge in [0.05, 0.1) is 0 Å². The summed E-state index contributed by atoms with van der Waals surface area (Å²) in [4.78, 5) is 0. The summed E-state index contributed by atoms with van der Waals surface area (Å²) in [7, 11) is 0. The SMILES string of the molecule is CC1(C)CC12CNCC2N. The topological polar surface area (TPSA) is 38.0 Å². The van der Waals surface area contributed by atoms with Gasteiger partial charge in [0.25, 0.3) is 0 Å². The van der Waals surface area contributed by atoms with Gasteiger partial charge in [-0.25, -0.2) is 0 Å². The van der Waals surface area contributed by atoms with Crippen LogP contribution in [0.1, 0.15) is 20.3 Å². The molecule has 2 nitrogen and oxygen atoms in total. The molecule has 2 aliphatic rings. The molecule has 0 aromatic rings. The van der Waals surface area contributed by atoms with Crippen molar-refractivity contribution in [2.45, 2.75) is 26.3 Å². The maximum absolute atomic E-state index is 5.99. The molecule has 58 valence electrons. The van der Waals surface area contributed by atoms with Gasteiger partial charge < -0.3 is 11.1 Å². The zero-order valence-corrected chi connectivity index (χ0v) is 6.78. The van der Waals surface area contributed by atoms with Gasteiger partial charge in [0, 0.05) is 24.5 Å².